The van der Waals surface area contributed by atoms with Crippen LogP contribution in [0.4, 0.5) is 5.69 Å². The number of hydrogen-bond donors (Lipinski definition) is 1. The Labute approximate surface area is 128 Å². The summed E-state index contributed by atoms with van der Waals surface area (Å²) in [5.41, 5.74) is 1.12. The molecule has 0 unspecified atom stereocenters. The van der Waals surface area contributed by atoms with E-state index in [9.17, 15) is 4.79 Å². The highest BCUT2D eigenvalue weighted by Crippen LogP contribution is 2.28. The van der Waals surface area contributed by atoms with Crippen LogP contribution < -0.4 is 14.8 Å². The molecule has 0 aromatic heterocycles. The molecule has 0 bridgehead atoms. The van der Waals surface area contributed by atoms with E-state index in [0.717, 1.165) is 0 Å². The Morgan fingerprint density at radius 3 is 2.67 bits per heavy atom. The Morgan fingerprint density at radius 1 is 1.19 bits per heavy atom. The van der Waals surface area contributed by atoms with Crippen molar-refractivity contribution in [2.45, 2.75) is 6.92 Å². The van der Waals surface area contributed by atoms with Gasteiger partial charge in [-0.3, -0.25) is 4.79 Å². The summed E-state index contributed by atoms with van der Waals surface area (Å²) >= 11 is 5.89. The number of benzene rings is 2. The summed E-state index contributed by atoms with van der Waals surface area (Å²) in [5, 5.41) is 3.35. The van der Waals surface area contributed by atoms with Crippen LogP contribution in [0.5, 0.6) is 11.5 Å². The van der Waals surface area contributed by atoms with Gasteiger partial charge in [0.1, 0.15) is 0 Å². The number of methoxy groups -OCH3 is 1. The molecule has 0 atom stereocenters. The molecule has 0 heterocycles. The fourth-order valence-electron chi connectivity index (χ4n) is 1.85. The summed E-state index contributed by atoms with van der Waals surface area (Å²) in [5.74, 6) is 0.897. The first-order valence-corrected chi connectivity index (χ1v) is 6.89. The number of carbonyl (C=O) groups is 1. The van der Waals surface area contributed by atoms with Gasteiger partial charge in [0.2, 0.25) is 0 Å². The maximum absolute atomic E-state index is 12.2. The van der Waals surface area contributed by atoms with E-state index in [4.69, 9.17) is 21.1 Å². The van der Waals surface area contributed by atoms with Gasteiger partial charge in [0.15, 0.2) is 11.5 Å². The first-order chi connectivity index (χ1) is 10.1. The SMILES string of the molecule is CCOc1ccc(C(=O)Nc2cccc(Cl)c2)cc1OC. The minimum absolute atomic E-state index is 0.237. The molecule has 5 heteroatoms. The molecule has 0 saturated carbocycles. The predicted octanol–water partition coefficient (Wildman–Crippen LogP) is 4.00. The zero-order valence-corrected chi connectivity index (χ0v) is 12.6. The second kappa shape index (κ2) is 6.99. The molecule has 2 rings (SSSR count). The lowest BCUT2D eigenvalue weighted by Crippen LogP contribution is -2.12. The number of anilines is 1. The van der Waals surface area contributed by atoms with Crippen LogP contribution in [0.15, 0.2) is 42.5 Å². The van der Waals surface area contributed by atoms with Crippen molar-refractivity contribution in [2.24, 2.45) is 0 Å². The summed E-state index contributed by atoms with van der Waals surface area (Å²) in [4.78, 5) is 12.2. The van der Waals surface area contributed by atoms with Crippen molar-refractivity contribution in [2.75, 3.05) is 19.0 Å². The molecule has 0 radical (unpaired) electrons. The fourth-order valence-corrected chi connectivity index (χ4v) is 2.04. The Hall–Kier alpha value is -2.20. The van der Waals surface area contributed by atoms with Crippen molar-refractivity contribution in [3.05, 3.63) is 53.1 Å². The summed E-state index contributed by atoms with van der Waals surface area (Å²) in [6, 6.07) is 12.0. The molecule has 110 valence electrons. The molecule has 21 heavy (non-hydrogen) atoms. The van der Waals surface area contributed by atoms with Gasteiger partial charge in [-0.1, -0.05) is 17.7 Å². The molecule has 2 aromatic carbocycles. The van der Waals surface area contributed by atoms with Gasteiger partial charge in [-0.25, -0.2) is 0 Å². The third-order valence-corrected chi connectivity index (χ3v) is 3.04. The van der Waals surface area contributed by atoms with E-state index >= 15 is 0 Å². The van der Waals surface area contributed by atoms with Gasteiger partial charge in [0, 0.05) is 16.3 Å². The molecule has 0 aliphatic carbocycles. The first-order valence-electron chi connectivity index (χ1n) is 6.51. The second-order valence-electron chi connectivity index (χ2n) is 4.26. The maximum Gasteiger partial charge on any atom is 0.255 e. The summed E-state index contributed by atoms with van der Waals surface area (Å²) in [6.45, 7) is 2.42. The molecule has 0 aliphatic rings. The quantitative estimate of drug-likeness (QED) is 0.908. The van der Waals surface area contributed by atoms with Crippen molar-refractivity contribution in [1.82, 2.24) is 0 Å². The standard InChI is InChI=1S/C16H16ClNO3/c1-3-21-14-8-7-11(9-15(14)20-2)16(19)18-13-6-4-5-12(17)10-13/h4-10H,3H2,1-2H3,(H,18,19). The Balaban J connectivity index is 2.19. The average molecular weight is 306 g/mol. The zero-order chi connectivity index (χ0) is 15.2. The smallest absolute Gasteiger partial charge is 0.255 e. The van der Waals surface area contributed by atoms with Gasteiger partial charge in [-0.15, -0.1) is 0 Å². The van der Waals surface area contributed by atoms with E-state index < -0.39 is 0 Å². The molecule has 0 aliphatic heterocycles. The van der Waals surface area contributed by atoms with Gasteiger partial charge in [-0.2, -0.15) is 0 Å². The van der Waals surface area contributed by atoms with E-state index in [0.29, 0.717) is 34.4 Å². The summed E-state index contributed by atoms with van der Waals surface area (Å²) in [6.07, 6.45) is 0. The molecule has 0 fully saturated rings. The van der Waals surface area contributed by atoms with Crippen LogP contribution in [0.3, 0.4) is 0 Å². The molecule has 4 nitrogen and oxygen atoms in total. The first kappa shape index (κ1) is 15.2. The van der Waals surface area contributed by atoms with Crippen molar-refractivity contribution >= 4 is 23.2 Å². The van der Waals surface area contributed by atoms with Crippen molar-refractivity contribution < 1.29 is 14.3 Å². The molecule has 2 aromatic rings. The zero-order valence-electron chi connectivity index (χ0n) is 11.9. The number of nitrogens with one attached hydrogen (secondary N) is 1. The average Bonchev–Trinajstić information content (AvgIpc) is 2.48. The Morgan fingerprint density at radius 2 is 2.00 bits per heavy atom. The Kier molecular flexibility index (Phi) is 5.06. The lowest BCUT2D eigenvalue weighted by atomic mass is 10.2. The van der Waals surface area contributed by atoms with Crippen LogP contribution in [-0.2, 0) is 0 Å². The number of rotatable bonds is 5. The maximum atomic E-state index is 12.2. The molecule has 1 N–H and O–H groups in total. The number of amides is 1. The van der Waals surface area contributed by atoms with E-state index in [1.807, 2.05) is 6.92 Å². The minimum Gasteiger partial charge on any atom is -0.493 e. The lowest BCUT2D eigenvalue weighted by Gasteiger charge is -2.11. The Bertz CT molecular complexity index is 643. The van der Waals surface area contributed by atoms with Gasteiger partial charge < -0.3 is 14.8 Å². The van der Waals surface area contributed by atoms with E-state index in [2.05, 4.69) is 5.32 Å². The van der Waals surface area contributed by atoms with Crippen LogP contribution >= 0.6 is 11.6 Å². The number of carbonyl (C=O) groups excluding carboxylic acids is 1. The largest absolute Gasteiger partial charge is 0.493 e. The third-order valence-electron chi connectivity index (χ3n) is 2.81. The normalized spacial score (nSPS) is 10.0. The van der Waals surface area contributed by atoms with Crippen molar-refractivity contribution in [3.63, 3.8) is 0 Å². The molecular weight excluding hydrogens is 290 g/mol. The van der Waals surface area contributed by atoms with Gasteiger partial charge >= 0.3 is 0 Å². The molecule has 1 amide bonds. The molecular formula is C16H16ClNO3. The van der Waals surface area contributed by atoms with Gasteiger partial charge in [0.05, 0.1) is 13.7 Å². The number of hydrogen-bond acceptors (Lipinski definition) is 3. The predicted molar refractivity (Wildman–Crippen MR) is 83.6 cm³/mol. The topological polar surface area (TPSA) is 47.6 Å². The van der Waals surface area contributed by atoms with E-state index in [1.54, 1.807) is 42.5 Å². The van der Waals surface area contributed by atoms with Crippen LogP contribution in [-0.4, -0.2) is 19.6 Å². The lowest BCUT2D eigenvalue weighted by molar-refractivity contribution is 0.102. The third kappa shape index (κ3) is 3.89. The summed E-state index contributed by atoms with van der Waals surface area (Å²) in [7, 11) is 1.54. The van der Waals surface area contributed by atoms with Gasteiger partial charge in [-0.05, 0) is 43.3 Å². The van der Waals surface area contributed by atoms with Crippen molar-refractivity contribution in [3.8, 4) is 11.5 Å². The summed E-state index contributed by atoms with van der Waals surface area (Å²) < 4.78 is 10.7. The highest BCUT2D eigenvalue weighted by molar-refractivity contribution is 6.30. The number of ether oxygens (including phenoxy) is 2. The van der Waals surface area contributed by atoms with Crippen LogP contribution in [0.1, 0.15) is 17.3 Å². The van der Waals surface area contributed by atoms with Crippen LogP contribution in [0.2, 0.25) is 5.02 Å². The molecule has 0 spiro atoms. The van der Waals surface area contributed by atoms with Crippen molar-refractivity contribution in [1.29, 1.82) is 0 Å². The molecule has 0 saturated heterocycles. The van der Waals surface area contributed by atoms with Gasteiger partial charge in [0.25, 0.3) is 5.91 Å². The highest BCUT2D eigenvalue weighted by atomic mass is 35.5. The second-order valence-corrected chi connectivity index (χ2v) is 4.70. The van der Waals surface area contributed by atoms with Crippen LogP contribution in [0.25, 0.3) is 0 Å². The fraction of sp³-hybridized carbons (Fsp3) is 0.188. The highest BCUT2D eigenvalue weighted by Gasteiger charge is 2.11. The number of halogens is 1. The van der Waals surface area contributed by atoms with E-state index in [1.165, 1.54) is 7.11 Å². The monoisotopic (exact) mass is 305 g/mol. The van der Waals surface area contributed by atoms with Crippen LogP contribution in [0, 0.1) is 0 Å². The van der Waals surface area contributed by atoms with E-state index in [-0.39, 0.29) is 5.91 Å². The minimum atomic E-state index is -0.237.